The molecule has 0 saturated carbocycles. The zero-order valence-electron chi connectivity index (χ0n) is 25.3. The third kappa shape index (κ3) is 10.7. The van der Waals surface area contributed by atoms with Gasteiger partial charge in [-0.2, -0.15) is 5.26 Å². The molecule has 3 nitrogen and oxygen atoms in total. The molecule has 0 aromatic heterocycles. The maximum Gasteiger partial charge on any atom is 0.0991 e. The van der Waals surface area contributed by atoms with Gasteiger partial charge in [-0.15, -0.1) is 0 Å². The van der Waals surface area contributed by atoms with E-state index in [0.717, 1.165) is 42.8 Å². The first-order valence-corrected chi connectivity index (χ1v) is 14.4. The van der Waals surface area contributed by atoms with Crippen LogP contribution < -0.4 is 10.6 Å². The maximum atomic E-state index is 9.08. The van der Waals surface area contributed by atoms with Gasteiger partial charge in [0.1, 0.15) is 0 Å². The van der Waals surface area contributed by atoms with Crippen LogP contribution in [0.15, 0.2) is 116 Å². The molecule has 0 fully saturated rings. The smallest absolute Gasteiger partial charge is 0.0991 e. The summed E-state index contributed by atoms with van der Waals surface area (Å²) in [6.45, 7) is 23.3. The molecule has 3 rings (SSSR count). The van der Waals surface area contributed by atoms with E-state index in [1.165, 1.54) is 27.8 Å². The number of nitrogens with zero attached hydrogens (tertiary/aromatic N) is 1. The van der Waals surface area contributed by atoms with Crippen LogP contribution in [0.2, 0.25) is 0 Å². The molecule has 3 aromatic carbocycles. The summed E-state index contributed by atoms with van der Waals surface area (Å²) in [5, 5.41) is 16.0. The molecule has 0 heterocycles. The summed E-state index contributed by atoms with van der Waals surface area (Å²) in [4.78, 5) is 0. The highest BCUT2D eigenvalue weighted by molar-refractivity contribution is 5.70. The molecule has 1 atom stereocenters. The minimum Gasteiger partial charge on any atom is -0.383 e. The molecular weight excluding hydrogens is 498 g/mol. The Bertz CT molecular complexity index is 1400. The SMILES string of the molecule is C=C(CC(C/C=C/c1ccc(-c2ccc(C#N)cc2)c(C)c1)C(=C)NCC(=C)NCc1ccccc1)CC(C)(C)C. The number of rotatable bonds is 14. The molecule has 3 heteroatoms. The normalized spacial score (nSPS) is 12.0. The lowest BCUT2D eigenvalue weighted by atomic mass is 9.83. The lowest BCUT2D eigenvalue weighted by Gasteiger charge is -2.25. The summed E-state index contributed by atoms with van der Waals surface area (Å²) < 4.78 is 0. The second-order valence-electron chi connectivity index (χ2n) is 12.1. The predicted octanol–water partition coefficient (Wildman–Crippen LogP) is 9.34. The van der Waals surface area contributed by atoms with E-state index in [-0.39, 0.29) is 11.3 Å². The van der Waals surface area contributed by atoms with Gasteiger partial charge in [-0.3, -0.25) is 0 Å². The van der Waals surface area contributed by atoms with Crippen molar-refractivity contribution in [3.05, 3.63) is 138 Å². The van der Waals surface area contributed by atoms with Crippen molar-refractivity contribution in [2.75, 3.05) is 6.54 Å². The third-order valence-electron chi connectivity index (χ3n) is 7.03. The highest BCUT2D eigenvalue weighted by atomic mass is 15.0. The summed E-state index contributed by atoms with van der Waals surface area (Å²) >= 11 is 0. The maximum absolute atomic E-state index is 9.08. The lowest BCUT2D eigenvalue weighted by Crippen LogP contribution is -2.27. The van der Waals surface area contributed by atoms with E-state index in [0.29, 0.717) is 12.1 Å². The number of allylic oxidation sites excluding steroid dienone is 3. The van der Waals surface area contributed by atoms with Crippen molar-refractivity contribution in [3.8, 4) is 17.2 Å². The number of benzene rings is 3. The fourth-order valence-electron chi connectivity index (χ4n) is 4.98. The number of nitriles is 1. The van der Waals surface area contributed by atoms with Gasteiger partial charge >= 0.3 is 0 Å². The number of hydrogen-bond acceptors (Lipinski definition) is 3. The summed E-state index contributed by atoms with van der Waals surface area (Å²) in [6, 6.07) is 26.8. The monoisotopic (exact) mass is 543 g/mol. The van der Waals surface area contributed by atoms with Crippen LogP contribution in [-0.2, 0) is 6.54 Å². The summed E-state index contributed by atoms with van der Waals surface area (Å²) in [6.07, 6.45) is 7.20. The highest BCUT2D eigenvalue weighted by Gasteiger charge is 2.18. The van der Waals surface area contributed by atoms with E-state index < -0.39 is 0 Å². The van der Waals surface area contributed by atoms with Crippen molar-refractivity contribution in [1.82, 2.24) is 10.6 Å². The van der Waals surface area contributed by atoms with Gasteiger partial charge in [-0.1, -0.05) is 119 Å². The Morgan fingerprint density at radius 2 is 1.66 bits per heavy atom. The Kier molecular flexibility index (Phi) is 11.4. The van der Waals surface area contributed by atoms with Crippen LogP contribution in [0.25, 0.3) is 17.2 Å². The number of nitrogens with one attached hydrogen (secondary N) is 2. The van der Waals surface area contributed by atoms with Gasteiger partial charge in [0.15, 0.2) is 0 Å². The van der Waals surface area contributed by atoms with Crippen molar-refractivity contribution in [2.45, 2.75) is 53.5 Å². The van der Waals surface area contributed by atoms with E-state index in [1.54, 1.807) is 0 Å². The summed E-state index contributed by atoms with van der Waals surface area (Å²) in [5.41, 5.74) is 10.00. The van der Waals surface area contributed by atoms with Gasteiger partial charge in [0.2, 0.25) is 0 Å². The van der Waals surface area contributed by atoms with Crippen molar-refractivity contribution in [2.24, 2.45) is 11.3 Å². The average Bonchev–Trinajstić information content (AvgIpc) is 2.94. The average molecular weight is 544 g/mol. The molecule has 0 radical (unpaired) electrons. The number of hydrogen-bond donors (Lipinski definition) is 2. The van der Waals surface area contributed by atoms with E-state index in [4.69, 9.17) is 5.26 Å². The Balaban J connectivity index is 1.63. The minimum absolute atomic E-state index is 0.204. The van der Waals surface area contributed by atoms with Crippen molar-refractivity contribution >= 4 is 6.08 Å². The molecule has 0 bridgehead atoms. The third-order valence-corrected chi connectivity index (χ3v) is 7.03. The summed E-state index contributed by atoms with van der Waals surface area (Å²) in [7, 11) is 0. The molecule has 0 aliphatic heterocycles. The molecule has 3 aromatic rings. The van der Waals surface area contributed by atoms with Crippen molar-refractivity contribution < 1.29 is 0 Å². The molecule has 0 aliphatic carbocycles. The van der Waals surface area contributed by atoms with Crippen LogP contribution in [0.1, 0.15) is 62.3 Å². The first kappa shape index (κ1) is 31.2. The molecule has 0 spiro atoms. The van der Waals surface area contributed by atoms with Crippen molar-refractivity contribution in [1.29, 1.82) is 5.26 Å². The Morgan fingerprint density at radius 1 is 0.951 bits per heavy atom. The second-order valence-corrected chi connectivity index (χ2v) is 12.1. The Labute approximate surface area is 248 Å². The van der Waals surface area contributed by atoms with E-state index in [1.807, 2.05) is 42.5 Å². The predicted molar refractivity (Wildman–Crippen MR) is 176 cm³/mol. The Hall–Kier alpha value is -4.29. The van der Waals surface area contributed by atoms with Gasteiger partial charge in [0.25, 0.3) is 0 Å². The van der Waals surface area contributed by atoms with E-state index >= 15 is 0 Å². The molecule has 0 amide bonds. The van der Waals surface area contributed by atoms with Crippen LogP contribution in [0.4, 0.5) is 0 Å². The molecule has 1 unspecified atom stereocenters. The quantitative estimate of drug-likeness (QED) is 0.199. The number of aryl methyl sites for hydroxylation is 1. The zero-order valence-corrected chi connectivity index (χ0v) is 25.3. The largest absolute Gasteiger partial charge is 0.383 e. The first-order valence-electron chi connectivity index (χ1n) is 14.4. The van der Waals surface area contributed by atoms with Gasteiger partial charge < -0.3 is 10.6 Å². The van der Waals surface area contributed by atoms with Crippen molar-refractivity contribution in [3.63, 3.8) is 0 Å². The molecule has 0 aliphatic rings. The highest BCUT2D eigenvalue weighted by Crippen LogP contribution is 2.30. The van der Waals surface area contributed by atoms with Gasteiger partial charge in [-0.25, -0.2) is 0 Å². The second kappa shape index (κ2) is 14.9. The van der Waals surface area contributed by atoms with E-state index in [2.05, 4.69) is 107 Å². The molecular formula is C38H45N3. The van der Waals surface area contributed by atoms with E-state index in [9.17, 15) is 0 Å². The molecule has 41 heavy (non-hydrogen) atoms. The molecule has 2 N–H and O–H groups in total. The topological polar surface area (TPSA) is 47.9 Å². The minimum atomic E-state index is 0.204. The Morgan fingerprint density at radius 3 is 2.29 bits per heavy atom. The van der Waals surface area contributed by atoms with Gasteiger partial charge in [0.05, 0.1) is 18.2 Å². The van der Waals surface area contributed by atoms with Crippen LogP contribution in [0.5, 0.6) is 0 Å². The van der Waals surface area contributed by atoms with Gasteiger partial charge in [0, 0.05) is 23.9 Å². The van der Waals surface area contributed by atoms with Crippen LogP contribution in [0, 0.1) is 29.6 Å². The fourth-order valence-corrected chi connectivity index (χ4v) is 4.98. The van der Waals surface area contributed by atoms with Crippen LogP contribution in [0.3, 0.4) is 0 Å². The van der Waals surface area contributed by atoms with Crippen LogP contribution in [-0.4, -0.2) is 6.54 Å². The zero-order chi connectivity index (χ0) is 29.8. The first-order chi connectivity index (χ1) is 19.5. The fraction of sp³-hybridized carbons (Fsp3) is 0.289. The molecule has 212 valence electrons. The molecule has 0 saturated heterocycles. The lowest BCUT2D eigenvalue weighted by molar-refractivity contribution is 0.396. The standard InChI is InChI=1S/C38H45N3/c1-28(24-38(5,6)7)22-36(31(4)41-26-30(3)40-27-34-12-9-8-10-13-34)15-11-14-32-18-21-37(29(2)23-32)35-19-16-33(25-39)17-20-35/h8-14,16-21,23,36,40-41H,1,3-4,15,22,24,26-27H2,2,5-7H3/b14-11+. The van der Waals surface area contributed by atoms with Gasteiger partial charge in [-0.05, 0) is 71.6 Å². The summed E-state index contributed by atoms with van der Waals surface area (Å²) in [5.74, 6) is 0.238. The van der Waals surface area contributed by atoms with Crippen LogP contribution >= 0.6 is 0 Å².